The normalized spacial score (nSPS) is 10.9. The van der Waals surface area contributed by atoms with E-state index in [0.717, 1.165) is 12.1 Å². The van der Waals surface area contributed by atoms with Crippen LogP contribution in [0.1, 0.15) is 18.4 Å². The first-order chi connectivity index (χ1) is 7.54. The standard InChI is InChI=1S/C11H11F3N2/c12-11(13,14)9-4-3-5-10(8-9)16-7-2-1-6-15/h3-5,8,16H,1-2,7H2. The number of halogens is 3. The number of anilines is 1. The predicted molar refractivity (Wildman–Crippen MR) is 54.8 cm³/mol. The Morgan fingerprint density at radius 3 is 2.69 bits per heavy atom. The molecule has 0 bridgehead atoms. The second-order valence-corrected chi connectivity index (χ2v) is 3.27. The van der Waals surface area contributed by atoms with Gasteiger partial charge in [0, 0.05) is 18.7 Å². The van der Waals surface area contributed by atoms with E-state index in [9.17, 15) is 13.2 Å². The van der Waals surface area contributed by atoms with Gasteiger partial charge in [-0.1, -0.05) is 6.07 Å². The van der Waals surface area contributed by atoms with Crippen molar-refractivity contribution in [2.24, 2.45) is 0 Å². The fraction of sp³-hybridized carbons (Fsp3) is 0.364. The number of rotatable bonds is 4. The minimum atomic E-state index is -4.32. The van der Waals surface area contributed by atoms with Crippen LogP contribution in [0.2, 0.25) is 0 Å². The molecule has 0 spiro atoms. The van der Waals surface area contributed by atoms with Gasteiger partial charge in [0.1, 0.15) is 0 Å². The first-order valence-electron chi connectivity index (χ1n) is 4.82. The monoisotopic (exact) mass is 228 g/mol. The van der Waals surface area contributed by atoms with E-state index in [4.69, 9.17) is 5.26 Å². The van der Waals surface area contributed by atoms with E-state index in [1.165, 1.54) is 6.07 Å². The number of hydrogen-bond donors (Lipinski definition) is 1. The molecule has 1 N–H and O–H groups in total. The second kappa shape index (κ2) is 5.40. The minimum Gasteiger partial charge on any atom is -0.385 e. The van der Waals surface area contributed by atoms with Crippen LogP contribution in [0.5, 0.6) is 0 Å². The van der Waals surface area contributed by atoms with Gasteiger partial charge in [0.15, 0.2) is 0 Å². The highest BCUT2D eigenvalue weighted by Crippen LogP contribution is 2.30. The van der Waals surface area contributed by atoms with Gasteiger partial charge in [0.25, 0.3) is 0 Å². The van der Waals surface area contributed by atoms with E-state index < -0.39 is 11.7 Å². The summed E-state index contributed by atoms with van der Waals surface area (Å²) in [6, 6.07) is 6.99. The van der Waals surface area contributed by atoms with Crippen molar-refractivity contribution in [3.63, 3.8) is 0 Å². The van der Waals surface area contributed by atoms with Crippen molar-refractivity contribution in [3.8, 4) is 6.07 Å². The summed E-state index contributed by atoms with van der Waals surface area (Å²) in [6.45, 7) is 0.495. The fourth-order valence-corrected chi connectivity index (χ4v) is 1.21. The largest absolute Gasteiger partial charge is 0.416 e. The molecule has 0 aliphatic rings. The molecule has 1 aromatic carbocycles. The maximum Gasteiger partial charge on any atom is 0.416 e. The SMILES string of the molecule is N#CCCCNc1cccc(C(F)(F)F)c1. The average Bonchev–Trinajstić information content (AvgIpc) is 2.24. The summed E-state index contributed by atoms with van der Waals surface area (Å²) in [7, 11) is 0. The highest BCUT2D eigenvalue weighted by Gasteiger charge is 2.30. The molecule has 0 saturated heterocycles. The van der Waals surface area contributed by atoms with Crippen molar-refractivity contribution in [3.05, 3.63) is 29.8 Å². The van der Waals surface area contributed by atoms with Gasteiger partial charge in [0.2, 0.25) is 0 Å². The molecular weight excluding hydrogens is 217 g/mol. The number of nitrogens with one attached hydrogen (secondary N) is 1. The molecular formula is C11H11F3N2. The lowest BCUT2D eigenvalue weighted by Gasteiger charge is -2.09. The highest BCUT2D eigenvalue weighted by molar-refractivity contribution is 5.46. The first-order valence-corrected chi connectivity index (χ1v) is 4.82. The summed E-state index contributed by atoms with van der Waals surface area (Å²) < 4.78 is 37.0. The molecule has 0 atom stereocenters. The lowest BCUT2D eigenvalue weighted by atomic mass is 10.2. The number of benzene rings is 1. The lowest BCUT2D eigenvalue weighted by Crippen LogP contribution is -2.07. The molecule has 16 heavy (non-hydrogen) atoms. The lowest BCUT2D eigenvalue weighted by molar-refractivity contribution is -0.137. The molecule has 0 aromatic heterocycles. The number of hydrogen-bond acceptors (Lipinski definition) is 2. The van der Waals surface area contributed by atoms with Gasteiger partial charge in [0.05, 0.1) is 11.6 Å². The summed E-state index contributed by atoms with van der Waals surface area (Å²) >= 11 is 0. The Morgan fingerprint density at radius 2 is 2.06 bits per heavy atom. The molecule has 0 amide bonds. The van der Waals surface area contributed by atoms with Gasteiger partial charge >= 0.3 is 6.18 Å². The van der Waals surface area contributed by atoms with Gasteiger partial charge < -0.3 is 5.32 Å². The van der Waals surface area contributed by atoms with Crippen LogP contribution < -0.4 is 5.32 Å². The second-order valence-electron chi connectivity index (χ2n) is 3.27. The van der Waals surface area contributed by atoms with Gasteiger partial charge in [-0.05, 0) is 24.6 Å². The van der Waals surface area contributed by atoms with Gasteiger partial charge in [-0.25, -0.2) is 0 Å². The Bertz CT molecular complexity index is 380. The van der Waals surface area contributed by atoms with Gasteiger partial charge in [-0.3, -0.25) is 0 Å². The molecule has 0 aliphatic carbocycles. The van der Waals surface area contributed by atoms with Crippen molar-refractivity contribution in [2.45, 2.75) is 19.0 Å². The topological polar surface area (TPSA) is 35.8 Å². The van der Waals surface area contributed by atoms with Crippen LogP contribution in [0.15, 0.2) is 24.3 Å². The molecule has 0 heterocycles. The fourth-order valence-electron chi connectivity index (χ4n) is 1.21. The first kappa shape index (κ1) is 12.4. The van der Waals surface area contributed by atoms with E-state index in [0.29, 0.717) is 25.1 Å². The van der Waals surface area contributed by atoms with Crippen LogP contribution in [-0.2, 0) is 6.18 Å². The molecule has 5 heteroatoms. The molecule has 0 unspecified atom stereocenters. The Balaban J connectivity index is 2.58. The van der Waals surface area contributed by atoms with Crippen LogP contribution >= 0.6 is 0 Å². The summed E-state index contributed by atoms with van der Waals surface area (Å²) in [5.41, 5.74) is -0.245. The van der Waals surface area contributed by atoms with E-state index in [-0.39, 0.29) is 0 Å². The third-order valence-electron chi connectivity index (χ3n) is 1.98. The van der Waals surface area contributed by atoms with Crippen LogP contribution in [0.25, 0.3) is 0 Å². The Morgan fingerprint density at radius 1 is 1.31 bits per heavy atom. The number of nitrogens with zero attached hydrogens (tertiary/aromatic N) is 1. The number of nitriles is 1. The molecule has 0 fully saturated rings. The minimum absolute atomic E-state index is 0.395. The van der Waals surface area contributed by atoms with Gasteiger partial charge in [-0.15, -0.1) is 0 Å². The van der Waals surface area contributed by atoms with Crippen LogP contribution in [0.4, 0.5) is 18.9 Å². The maximum atomic E-state index is 12.3. The number of unbranched alkanes of at least 4 members (excludes halogenated alkanes) is 1. The number of alkyl halides is 3. The van der Waals surface area contributed by atoms with Gasteiger partial charge in [-0.2, -0.15) is 18.4 Å². The summed E-state index contributed by atoms with van der Waals surface area (Å²) in [6.07, 6.45) is -3.30. The quantitative estimate of drug-likeness (QED) is 0.801. The summed E-state index contributed by atoms with van der Waals surface area (Å²) in [5, 5.41) is 11.1. The van der Waals surface area contributed by atoms with Crippen molar-refractivity contribution in [2.75, 3.05) is 11.9 Å². The third kappa shape index (κ3) is 3.81. The molecule has 0 aliphatic heterocycles. The third-order valence-corrected chi connectivity index (χ3v) is 1.98. The Labute approximate surface area is 91.7 Å². The maximum absolute atomic E-state index is 12.3. The molecule has 0 saturated carbocycles. The molecule has 1 rings (SSSR count). The van der Waals surface area contributed by atoms with E-state index in [1.807, 2.05) is 6.07 Å². The molecule has 86 valence electrons. The Hall–Kier alpha value is -1.70. The Kier molecular flexibility index (Phi) is 4.18. The smallest absolute Gasteiger partial charge is 0.385 e. The summed E-state index contributed by atoms with van der Waals surface area (Å²) in [4.78, 5) is 0. The van der Waals surface area contributed by atoms with Crippen molar-refractivity contribution in [1.82, 2.24) is 0 Å². The van der Waals surface area contributed by atoms with E-state index in [2.05, 4.69) is 5.32 Å². The average molecular weight is 228 g/mol. The molecule has 2 nitrogen and oxygen atoms in total. The zero-order valence-corrected chi connectivity index (χ0v) is 8.51. The van der Waals surface area contributed by atoms with Crippen LogP contribution in [-0.4, -0.2) is 6.54 Å². The van der Waals surface area contributed by atoms with Crippen LogP contribution in [0, 0.1) is 11.3 Å². The highest BCUT2D eigenvalue weighted by atomic mass is 19.4. The zero-order chi connectivity index (χ0) is 12.0. The van der Waals surface area contributed by atoms with Crippen molar-refractivity contribution >= 4 is 5.69 Å². The van der Waals surface area contributed by atoms with Crippen LogP contribution in [0.3, 0.4) is 0 Å². The zero-order valence-electron chi connectivity index (χ0n) is 8.51. The van der Waals surface area contributed by atoms with Crippen molar-refractivity contribution < 1.29 is 13.2 Å². The van der Waals surface area contributed by atoms with E-state index >= 15 is 0 Å². The summed E-state index contributed by atoms with van der Waals surface area (Å²) in [5.74, 6) is 0. The molecule has 1 aromatic rings. The van der Waals surface area contributed by atoms with E-state index in [1.54, 1.807) is 6.07 Å². The molecule has 0 radical (unpaired) electrons. The van der Waals surface area contributed by atoms with Crippen molar-refractivity contribution in [1.29, 1.82) is 5.26 Å². The predicted octanol–water partition coefficient (Wildman–Crippen LogP) is 3.42.